The van der Waals surface area contributed by atoms with Crippen LogP contribution in [-0.4, -0.2) is 27.4 Å². The quantitative estimate of drug-likeness (QED) is 0.695. The van der Waals surface area contributed by atoms with Gasteiger partial charge in [0.05, 0.1) is 10.6 Å². The number of nitrogens with zero attached hydrogens (tertiary/aromatic N) is 3. The molecule has 0 aromatic carbocycles. The molecule has 0 bridgehead atoms. The Balaban J connectivity index is 2.93. The maximum Gasteiger partial charge on any atom is 0.277 e. The first kappa shape index (κ1) is 19.8. The third-order valence-electron chi connectivity index (χ3n) is 3.13. The van der Waals surface area contributed by atoms with E-state index in [0.717, 1.165) is 10.3 Å². The fourth-order valence-corrected chi connectivity index (χ4v) is 1.96. The zero-order valence-electron chi connectivity index (χ0n) is 14.3. The number of aromatic nitrogens is 3. The van der Waals surface area contributed by atoms with E-state index in [0.29, 0.717) is 17.1 Å². The first-order chi connectivity index (χ1) is 12.1. The van der Waals surface area contributed by atoms with E-state index in [9.17, 15) is 9.59 Å². The Bertz CT molecular complexity index is 889. The molecule has 0 fully saturated rings. The molecule has 6 nitrogen and oxygen atoms in total. The zero-order valence-corrected chi connectivity index (χ0v) is 14.3. The van der Waals surface area contributed by atoms with Gasteiger partial charge in [-0.25, -0.2) is 4.68 Å². The molecule has 25 heavy (non-hydrogen) atoms. The monoisotopic (exact) mass is 338 g/mol. The van der Waals surface area contributed by atoms with Crippen LogP contribution in [-0.2, 0) is 11.3 Å². The third-order valence-corrected chi connectivity index (χ3v) is 3.13. The Morgan fingerprint density at radius 2 is 2.00 bits per heavy atom. The molecule has 0 spiro atoms. The van der Waals surface area contributed by atoms with Crippen LogP contribution in [0.2, 0.25) is 0 Å². The highest BCUT2D eigenvalue weighted by Gasteiger charge is 2.07. The standard InChI is InChI=1S/C19H22N4O2/c1-5-9-12-15(10-6-2)13-20-18(24)14-23-19(25)16(8-4)17(11-7-3)21-22-23/h5-12H,1-3,13-14H2,4H3,(H,20,24)/b12-9-,15-10+,16-8+,17-11+. The van der Waals surface area contributed by atoms with Gasteiger partial charge in [-0.3, -0.25) is 9.59 Å². The molecule has 0 radical (unpaired) electrons. The van der Waals surface area contributed by atoms with E-state index < -0.39 is 0 Å². The number of carbonyl (C=O) groups excluding carboxylic acids is 1. The van der Waals surface area contributed by atoms with Crippen molar-refractivity contribution in [3.05, 3.63) is 82.7 Å². The summed E-state index contributed by atoms with van der Waals surface area (Å²) in [5.74, 6) is -0.346. The fraction of sp³-hybridized carbons (Fsp3) is 0.158. The number of nitrogens with one attached hydrogen (secondary N) is 1. The van der Waals surface area contributed by atoms with E-state index in [4.69, 9.17) is 0 Å². The molecule has 130 valence electrons. The van der Waals surface area contributed by atoms with E-state index >= 15 is 0 Å². The predicted molar refractivity (Wildman–Crippen MR) is 101 cm³/mol. The van der Waals surface area contributed by atoms with Crippen molar-refractivity contribution >= 4 is 18.1 Å². The topological polar surface area (TPSA) is 76.9 Å². The molecule has 0 saturated heterocycles. The van der Waals surface area contributed by atoms with Crippen LogP contribution in [0.3, 0.4) is 0 Å². The van der Waals surface area contributed by atoms with Gasteiger partial charge in [-0.05, 0) is 18.6 Å². The SMILES string of the molecule is C=C/C=C\C(=C/C=C)CNC(=O)Cn1nnc(=C/C=C)/c(=C\C)c1=O. The van der Waals surface area contributed by atoms with Gasteiger partial charge in [0.25, 0.3) is 5.56 Å². The van der Waals surface area contributed by atoms with Gasteiger partial charge in [0.15, 0.2) is 0 Å². The normalized spacial score (nSPS) is 13.1. The van der Waals surface area contributed by atoms with Crippen molar-refractivity contribution < 1.29 is 4.79 Å². The summed E-state index contributed by atoms with van der Waals surface area (Å²) < 4.78 is 1.03. The van der Waals surface area contributed by atoms with Crippen molar-refractivity contribution in [2.75, 3.05) is 6.54 Å². The Kier molecular flexibility index (Phi) is 8.29. The van der Waals surface area contributed by atoms with Crippen molar-refractivity contribution in [2.24, 2.45) is 0 Å². The van der Waals surface area contributed by atoms with Crippen molar-refractivity contribution in [1.82, 2.24) is 20.3 Å². The van der Waals surface area contributed by atoms with Crippen molar-refractivity contribution in [3.63, 3.8) is 0 Å². The minimum atomic E-state index is -0.380. The maximum atomic E-state index is 12.4. The Morgan fingerprint density at radius 1 is 1.24 bits per heavy atom. The Hall–Kier alpha value is -3.28. The lowest BCUT2D eigenvalue weighted by Crippen LogP contribution is -2.49. The summed E-state index contributed by atoms with van der Waals surface area (Å²) in [4.78, 5) is 24.4. The first-order valence-corrected chi connectivity index (χ1v) is 7.67. The Morgan fingerprint density at radius 3 is 2.60 bits per heavy atom. The van der Waals surface area contributed by atoms with E-state index in [1.54, 1.807) is 43.4 Å². The number of hydrogen-bond donors (Lipinski definition) is 1. The highest BCUT2D eigenvalue weighted by Crippen LogP contribution is 1.96. The van der Waals surface area contributed by atoms with Gasteiger partial charge < -0.3 is 5.32 Å². The average molecular weight is 338 g/mol. The molecule has 0 aliphatic heterocycles. The van der Waals surface area contributed by atoms with E-state index in [-0.39, 0.29) is 18.0 Å². The molecular weight excluding hydrogens is 316 g/mol. The van der Waals surface area contributed by atoms with E-state index in [1.807, 2.05) is 6.08 Å². The van der Waals surface area contributed by atoms with Crippen LogP contribution in [0.15, 0.2) is 66.6 Å². The van der Waals surface area contributed by atoms with Crippen molar-refractivity contribution in [3.8, 4) is 0 Å². The van der Waals surface area contributed by atoms with Crippen LogP contribution in [0, 0.1) is 0 Å². The van der Waals surface area contributed by atoms with Gasteiger partial charge in [0.2, 0.25) is 5.91 Å². The number of hydrogen-bond acceptors (Lipinski definition) is 4. The minimum Gasteiger partial charge on any atom is -0.350 e. The summed E-state index contributed by atoms with van der Waals surface area (Å²) in [7, 11) is 0. The van der Waals surface area contributed by atoms with Gasteiger partial charge in [-0.1, -0.05) is 67.5 Å². The highest BCUT2D eigenvalue weighted by molar-refractivity contribution is 5.76. The van der Waals surface area contributed by atoms with Gasteiger partial charge >= 0.3 is 0 Å². The molecule has 1 heterocycles. The molecular formula is C19H22N4O2. The Labute approximate surface area is 146 Å². The molecule has 1 aromatic heterocycles. The largest absolute Gasteiger partial charge is 0.350 e. The second-order valence-electron chi connectivity index (χ2n) is 4.89. The molecule has 1 aromatic rings. The first-order valence-electron chi connectivity index (χ1n) is 7.67. The maximum absolute atomic E-state index is 12.4. The van der Waals surface area contributed by atoms with Crippen LogP contribution < -0.4 is 21.4 Å². The molecule has 1 amide bonds. The second kappa shape index (κ2) is 10.5. The zero-order chi connectivity index (χ0) is 18.7. The smallest absolute Gasteiger partial charge is 0.277 e. The predicted octanol–water partition coefficient (Wildman–Crippen LogP) is 0.376. The number of amides is 1. The molecule has 0 saturated carbocycles. The fourth-order valence-electron chi connectivity index (χ4n) is 1.96. The van der Waals surface area contributed by atoms with E-state index in [1.165, 1.54) is 6.08 Å². The summed E-state index contributed by atoms with van der Waals surface area (Å²) in [6, 6.07) is 0. The lowest BCUT2D eigenvalue weighted by molar-refractivity contribution is -0.121. The van der Waals surface area contributed by atoms with E-state index in [2.05, 4.69) is 35.4 Å². The minimum absolute atomic E-state index is 0.215. The highest BCUT2D eigenvalue weighted by atomic mass is 16.2. The summed E-state index contributed by atoms with van der Waals surface area (Å²) >= 11 is 0. The molecule has 1 N–H and O–H groups in total. The second-order valence-corrected chi connectivity index (χ2v) is 4.89. The van der Waals surface area contributed by atoms with Gasteiger partial charge in [0, 0.05) is 6.54 Å². The number of carbonyl (C=O) groups is 1. The summed E-state index contributed by atoms with van der Waals surface area (Å²) in [5, 5.41) is 11.3. The van der Waals surface area contributed by atoms with Crippen LogP contribution in [0.5, 0.6) is 0 Å². The number of allylic oxidation sites excluding steroid dienone is 5. The average Bonchev–Trinajstić information content (AvgIpc) is 2.60. The van der Waals surface area contributed by atoms with Crippen LogP contribution in [0.4, 0.5) is 0 Å². The molecule has 1 rings (SSSR count). The molecule has 0 unspecified atom stereocenters. The van der Waals surface area contributed by atoms with Gasteiger partial charge in [-0.15, -0.1) is 5.10 Å². The van der Waals surface area contributed by atoms with Crippen molar-refractivity contribution in [2.45, 2.75) is 13.5 Å². The molecule has 0 aliphatic rings. The van der Waals surface area contributed by atoms with Crippen molar-refractivity contribution in [1.29, 1.82) is 0 Å². The summed E-state index contributed by atoms with van der Waals surface area (Å²) in [5.41, 5.74) is 0.467. The van der Waals surface area contributed by atoms with Crippen LogP contribution in [0.25, 0.3) is 12.2 Å². The van der Waals surface area contributed by atoms with Crippen LogP contribution in [0.1, 0.15) is 6.92 Å². The van der Waals surface area contributed by atoms with Crippen LogP contribution >= 0.6 is 0 Å². The molecule has 0 aliphatic carbocycles. The lowest BCUT2D eigenvalue weighted by atomic mass is 10.2. The summed E-state index contributed by atoms with van der Waals surface area (Å²) in [6.07, 6.45) is 13.4. The molecule has 6 heteroatoms. The number of rotatable bonds is 8. The lowest BCUT2D eigenvalue weighted by Gasteiger charge is -2.06. The van der Waals surface area contributed by atoms with Gasteiger partial charge in [-0.2, -0.15) is 0 Å². The van der Waals surface area contributed by atoms with Gasteiger partial charge in [0.1, 0.15) is 6.54 Å². The third kappa shape index (κ3) is 6.02. The summed E-state index contributed by atoms with van der Waals surface area (Å²) in [6.45, 7) is 12.6. The molecule has 0 atom stereocenters.